The Hall–Kier alpha value is -0.460. The van der Waals surface area contributed by atoms with E-state index in [0.29, 0.717) is 3.57 Å². The molecule has 0 unspecified atom stereocenters. The van der Waals surface area contributed by atoms with Crippen LogP contribution < -0.4 is 0 Å². The Morgan fingerprint density at radius 3 is 2.31 bits per heavy atom. The van der Waals surface area contributed by atoms with Crippen molar-refractivity contribution in [3.05, 3.63) is 26.8 Å². The summed E-state index contributed by atoms with van der Waals surface area (Å²) in [7, 11) is 0. The number of hydrogen-bond donors (Lipinski definition) is 1. The van der Waals surface area contributed by atoms with E-state index in [2.05, 4.69) is 0 Å². The number of benzene rings is 1. The van der Waals surface area contributed by atoms with E-state index >= 15 is 0 Å². The fraction of sp³-hybridized carbons (Fsp3) is 0.250. The summed E-state index contributed by atoms with van der Waals surface area (Å²) in [5, 5.41) is 9.24. The molecule has 0 amide bonds. The molecule has 13 heavy (non-hydrogen) atoms. The van der Waals surface area contributed by atoms with Crippen molar-refractivity contribution in [2.45, 2.75) is 13.1 Å². The zero-order valence-corrected chi connectivity index (χ0v) is 8.77. The molecule has 0 fully saturated rings. The number of aromatic hydroxyl groups is 1. The third-order valence-corrected chi connectivity index (χ3v) is 2.56. The number of phenolic OH excluding ortho intramolecular Hbond substituents is 1. The smallest absolute Gasteiger partial charge is 0.416 e. The number of hydrogen-bond acceptors (Lipinski definition) is 1. The molecule has 0 saturated carbocycles. The second-order valence-electron chi connectivity index (χ2n) is 2.57. The number of halogens is 4. The fourth-order valence-corrected chi connectivity index (χ4v) is 1.56. The molecule has 1 rings (SSSR count). The first-order valence-electron chi connectivity index (χ1n) is 3.39. The summed E-state index contributed by atoms with van der Waals surface area (Å²) in [6.07, 6.45) is -4.40. The Balaban J connectivity index is 3.35. The molecule has 1 aromatic carbocycles. The molecule has 0 aromatic heterocycles. The lowest BCUT2D eigenvalue weighted by Crippen LogP contribution is -2.07. The van der Waals surface area contributed by atoms with Gasteiger partial charge in [0.1, 0.15) is 5.75 Å². The maximum atomic E-state index is 12.2. The minimum absolute atomic E-state index is 0.126. The molecule has 0 aliphatic carbocycles. The lowest BCUT2D eigenvalue weighted by Gasteiger charge is -2.11. The standard InChI is InChI=1S/C8H6F3IO/c1-4-5(8(9,10)11)2-3-6(12)7(4)13/h2-3,13H,1H3. The van der Waals surface area contributed by atoms with E-state index in [4.69, 9.17) is 0 Å². The van der Waals surface area contributed by atoms with E-state index in [1.165, 1.54) is 13.0 Å². The maximum Gasteiger partial charge on any atom is 0.416 e. The van der Waals surface area contributed by atoms with Gasteiger partial charge in [-0.2, -0.15) is 13.2 Å². The second kappa shape index (κ2) is 3.36. The molecule has 0 heterocycles. The van der Waals surface area contributed by atoms with Crippen molar-refractivity contribution < 1.29 is 18.3 Å². The van der Waals surface area contributed by atoms with Gasteiger partial charge in [0.25, 0.3) is 0 Å². The summed E-state index contributed by atoms with van der Waals surface area (Å²) in [5.41, 5.74) is -0.912. The van der Waals surface area contributed by atoms with Crippen LogP contribution in [-0.2, 0) is 6.18 Å². The van der Waals surface area contributed by atoms with Crippen LogP contribution in [0.5, 0.6) is 5.75 Å². The lowest BCUT2D eigenvalue weighted by atomic mass is 10.1. The zero-order valence-electron chi connectivity index (χ0n) is 6.61. The second-order valence-corrected chi connectivity index (χ2v) is 3.73. The van der Waals surface area contributed by atoms with E-state index in [1.807, 2.05) is 0 Å². The minimum atomic E-state index is -4.40. The first-order valence-corrected chi connectivity index (χ1v) is 4.47. The molecule has 1 N–H and O–H groups in total. The highest BCUT2D eigenvalue weighted by molar-refractivity contribution is 14.1. The average Bonchev–Trinajstić information content (AvgIpc) is 1.98. The topological polar surface area (TPSA) is 20.2 Å². The van der Waals surface area contributed by atoms with Gasteiger partial charge in [-0.3, -0.25) is 0 Å². The van der Waals surface area contributed by atoms with Crippen molar-refractivity contribution in [3.8, 4) is 5.75 Å². The SMILES string of the molecule is Cc1c(C(F)(F)F)ccc(I)c1O. The maximum absolute atomic E-state index is 12.2. The Bertz CT molecular complexity index is 333. The van der Waals surface area contributed by atoms with Gasteiger partial charge in [-0.25, -0.2) is 0 Å². The molecular weight excluding hydrogens is 296 g/mol. The van der Waals surface area contributed by atoms with Gasteiger partial charge in [-0.15, -0.1) is 0 Å². The number of alkyl halides is 3. The monoisotopic (exact) mass is 302 g/mol. The van der Waals surface area contributed by atoms with Crippen LogP contribution in [0.1, 0.15) is 11.1 Å². The third kappa shape index (κ3) is 2.07. The van der Waals surface area contributed by atoms with E-state index in [0.717, 1.165) is 6.07 Å². The predicted molar refractivity (Wildman–Crippen MR) is 50.6 cm³/mol. The van der Waals surface area contributed by atoms with Gasteiger partial charge < -0.3 is 5.11 Å². The molecule has 0 bridgehead atoms. The highest BCUT2D eigenvalue weighted by Crippen LogP contribution is 2.36. The Labute approximate surface area is 86.7 Å². The summed E-state index contributed by atoms with van der Waals surface area (Å²) in [4.78, 5) is 0. The van der Waals surface area contributed by atoms with Crippen LogP contribution in [0.4, 0.5) is 13.2 Å². The van der Waals surface area contributed by atoms with Gasteiger partial charge in [0.05, 0.1) is 9.13 Å². The molecular formula is C8H6F3IO. The Kier molecular flexibility index (Phi) is 2.74. The summed E-state index contributed by atoms with van der Waals surface area (Å²) in [5.74, 6) is -0.296. The molecule has 1 nitrogen and oxygen atoms in total. The molecule has 0 aliphatic rings. The van der Waals surface area contributed by atoms with Gasteiger partial charge >= 0.3 is 6.18 Å². The molecule has 0 saturated heterocycles. The molecule has 1 aromatic rings. The van der Waals surface area contributed by atoms with Gasteiger partial charge in [-0.05, 0) is 41.6 Å². The van der Waals surface area contributed by atoms with Crippen LogP contribution in [0.25, 0.3) is 0 Å². The van der Waals surface area contributed by atoms with Crippen molar-refractivity contribution in [1.29, 1.82) is 0 Å². The van der Waals surface area contributed by atoms with Crippen molar-refractivity contribution in [2.75, 3.05) is 0 Å². The third-order valence-electron chi connectivity index (χ3n) is 1.69. The summed E-state index contributed by atoms with van der Waals surface area (Å²) in [6, 6.07) is 2.21. The van der Waals surface area contributed by atoms with Crippen molar-refractivity contribution >= 4 is 22.6 Å². The van der Waals surface area contributed by atoms with Crippen LogP contribution in [0.2, 0.25) is 0 Å². The van der Waals surface area contributed by atoms with Crippen molar-refractivity contribution in [2.24, 2.45) is 0 Å². The highest BCUT2D eigenvalue weighted by Gasteiger charge is 2.33. The minimum Gasteiger partial charge on any atom is -0.507 e. The van der Waals surface area contributed by atoms with E-state index < -0.39 is 11.7 Å². The van der Waals surface area contributed by atoms with Crippen LogP contribution >= 0.6 is 22.6 Å². The fourth-order valence-electron chi connectivity index (χ4n) is 0.974. The predicted octanol–water partition coefficient (Wildman–Crippen LogP) is 3.32. The van der Waals surface area contributed by atoms with Crippen LogP contribution in [0, 0.1) is 10.5 Å². The molecule has 5 heteroatoms. The molecule has 0 aliphatic heterocycles. The first kappa shape index (κ1) is 10.6. The summed E-state index contributed by atoms with van der Waals surface area (Å²) in [6.45, 7) is 1.25. The van der Waals surface area contributed by atoms with Crippen LogP contribution in [0.3, 0.4) is 0 Å². The molecule has 72 valence electrons. The Morgan fingerprint density at radius 2 is 1.85 bits per heavy atom. The highest BCUT2D eigenvalue weighted by atomic mass is 127. The first-order chi connectivity index (χ1) is 5.84. The van der Waals surface area contributed by atoms with Crippen LogP contribution in [-0.4, -0.2) is 5.11 Å². The van der Waals surface area contributed by atoms with Crippen LogP contribution in [0.15, 0.2) is 12.1 Å². The van der Waals surface area contributed by atoms with Gasteiger partial charge in [0.2, 0.25) is 0 Å². The lowest BCUT2D eigenvalue weighted by molar-refractivity contribution is -0.138. The van der Waals surface area contributed by atoms with E-state index in [1.54, 1.807) is 22.6 Å². The zero-order chi connectivity index (χ0) is 10.2. The Morgan fingerprint density at radius 1 is 1.31 bits per heavy atom. The number of rotatable bonds is 0. The largest absolute Gasteiger partial charge is 0.507 e. The summed E-state index contributed by atoms with van der Waals surface area (Å²) >= 11 is 1.78. The summed E-state index contributed by atoms with van der Waals surface area (Å²) < 4.78 is 37.2. The quantitative estimate of drug-likeness (QED) is 0.729. The van der Waals surface area contributed by atoms with Gasteiger partial charge in [0.15, 0.2) is 0 Å². The van der Waals surface area contributed by atoms with E-state index in [-0.39, 0.29) is 11.3 Å². The average molecular weight is 302 g/mol. The van der Waals surface area contributed by atoms with Gasteiger partial charge in [-0.1, -0.05) is 0 Å². The van der Waals surface area contributed by atoms with Gasteiger partial charge in [0, 0.05) is 5.56 Å². The molecule has 0 atom stereocenters. The molecule has 0 spiro atoms. The number of phenols is 1. The van der Waals surface area contributed by atoms with E-state index in [9.17, 15) is 18.3 Å². The molecule has 0 radical (unpaired) electrons. The van der Waals surface area contributed by atoms with Crippen molar-refractivity contribution in [1.82, 2.24) is 0 Å². The normalized spacial score (nSPS) is 11.8. The van der Waals surface area contributed by atoms with Crippen molar-refractivity contribution in [3.63, 3.8) is 0 Å².